The van der Waals surface area contributed by atoms with E-state index >= 15 is 0 Å². The molecule has 130 valence electrons. The van der Waals surface area contributed by atoms with Crippen LogP contribution in [0.3, 0.4) is 0 Å². The Labute approximate surface area is 140 Å². The number of rotatable bonds is 4. The summed E-state index contributed by atoms with van der Waals surface area (Å²) in [4.78, 5) is 18.7. The van der Waals surface area contributed by atoms with Gasteiger partial charge in [0.2, 0.25) is 5.95 Å². The quantitative estimate of drug-likeness (QED) is 0.333. The van der Waals surface area contributed by atoms with Crippen molar-refractivity contribution >= 4 is 29.3 Å². The van der Waals surface area contributed by atoms with Crippen LogP contribution in [0.2, 0.25) is 0 Å². The van der Waals surface area contributed by atoms with Gasteiger partial charge in [-0.3, -0.25) is 14.3 Å². The van der Waals surface area contributed by atoms with Crippen molar-refractivity contribution in [2.45, 2.75) is 31.1 Å². The number of nitrogen functional groups attached to an aromatic ring is 1. The lowest BCUT2D eigenvalue weighted by molar-refractivity contribution is -0.0519. The molecule has 1 saturated heterocycles. The van der Waals surface area contributed by atoms with Crippen molar-refractivity contribution in [3.8, 4) is 0 Å². The normalized spacial score (nSPS) is 27.0. The number of hydrogen-bond acceptors (Lipinski definition) is 8. The second-order valence-corrected chi connectivity index (χ2v) is 5.77. The highest BCUT2D eigenvalue weighted by Gasteiger charge is 2.44. The number of nitrogens with zero attached hydrogens (tertiary/aromatic N) is 3. The molecule has 0 aliphatic carbocycles. The van der Waals surface area contributed by atoms with Crippen LogP contribution in [0, 0.1) is 4.77 Å². The summed E-state index contributed by atoms with van der Waals surface area (Å²) in [5.41, 5.74) is 5.36. The molecule has 6 N–H and O–H groups in total. The van der Waals surface area contributed by atoms with Gasteiger partial charge < -0.3 is 30.4 Å². The van der Waals surface area contributed by atoms with Gasteiger partial charge in [-0.1, -0.05) is 6.08 Å². The maximum Gasteiger partial charge on any atom is 0.278 e. The molecule has 0 aromatic carbocycles. The lowest BCUT2D eigenvalue weighted by Gasteiger charge is -2.16. The molecule has 0 bridgehead atoms. The molecule has 2 aromatic heterocycles. The zero-order chi connectivity index (χ0) is 17.6. The van der Waals surface area contributed by atoms with Gasteiger partial charge in [0, 0.05) is 6.54 Å². The molecule has 0 radical (unpaired) electrons. The van der Waals surface area contributed by atoms with E-state index in [2.05, 4.69) is 16.5 Å². The van der Waals surface area contributed by atoms with E-state index in [0.29, 0.717) is 0 Å². The third-order valence-corrected chi connectivity index (χ3v) is 4.33. The fraction of sp³-hybridized carbons (Fsp3) is 0.462. The molecule has 1 aliphatic rings. The van der Waals surface area contributed by atoms with E-state index in [0.717, 1.165) is 0 Å². The largest absolute Gasteiger partial charge is 0.394 e. The number of H-pyrrole nitrogens is 1. The number of aliphatic hydroxyl groups excluding tert-OH is 3. The first-order chi connectivity index (χ1) is 11.4. The molecule has 0 saturated carbocycles. The molecule has 4 atom stereocenters. The number of anilines is 1. The first-order valence-corrected chi connectivity index (χ1v) is 7.55. The Balaban J connectivity index is 2.29. The molecule has 2 aromatic rings. The Bertz CT molecular complexity index is 903. The topological polar surface area (TPSA) is 152 Å². The molecular formula is C13H17N5O5S. The lowest BCUT2D eigenvalue weighted by atomic mass is 10.1. The molecule has 24 heavy (non-hydrogen) atoms. The van der Waals surface area contributed by atoms with Gasteiger partial charge in [-0.2, -0.15) is 4.98 Å². The second kappa shape index (κ2) is 6.11. The molecule has 3 rings (SSSR count). The van der Waals surface area contributed by atoms with Crippen molar-refractivity contribution in [3.63, 3.8) is 0 Å². The number of nitrogens with two attached hydrogens (primary N) is 1. The predicted molar refractivity (Wildman–Crippen MR) is 86.8 cm³/mol. The van der Waals surface area contributed by atoms with Gasteiger partial charge in [-0.25, -0.2) is 0 Å². The highest BCUT2D eigenvalue weighted by molar-refractivity contribution is 7.71. The number of allylic oxidation sites excluding steroid dienone is 1. The fourth-order valence-electron chi connectivity index (χ4n) is 2.82. The van der Waals surface area contributed by atoms with Gasteiger partial charge in [-0.15, -0.1) is 6.58 Å². The van der Waals surface area contributed by atoms with Crippen LogP contribution in [0.15, 0.2) is 17.4 Å². The number of aromatic amines is 1. The maximum absolute atomic E-state index is 12.3. The second-order valence-electron chi connectivity index (χ2n) is 5.40. The SMILES string of the molecule is C=CCn1c(=S)n(C2OC(CO)C(O)C2O)c2nc(N)[nH]c(=O)c21. The summed E-state index contributed by atoms with van der Waals surface area (Å²) < 4.78 is 8.42. The Morgan fingerprint density at radius 1 is 1.46 bits per heavy atom. The average Bonchev–Trinajstić information content (AvgIpc) is 2.96. The summed E-state index contributed by atoms with van der Waals surface area (Å²) in [5.74, 6) is -0.126. The van der Waals surface area contributed by atoms with Crippen molar-refractivity contribution in [1.82, 2.24) is 19.1 Å². The van der Waals surface area contributed by atoms with Crippen LogP contribution in [-0.2, 0) is 11.3 Å². The van der Waals surface area contributed by atoms with Crippen molar-refractivity contribution in [3.05, 3.63) is 27.8 Å². The van der Waals surface area contributed by atoms with E-state index in [4.69, 9.17) is 22.7 Å². The van der Waals surface area contributed by atoms with Gasteiger partial charge in [0.15, 0.2) is 22.2 Å². The van der Waals surface area contributed by atoms with Crippen LogP contribution in [0.5, 0.6) is 0 Å². The number of aliphatic hydroxyl groups is 3. The summed E-state index contributed by atoms with van der Waals surface area (Å²) in [6.45, 7) is 3.37. The predicted octanol–water partition coefficient (Wildman–Crippen LogP) is -1.36. The van der Waals surface area contributed by atoms with Gasteiger partial charge in [-0.05, 0) is 12.2 Å². The van der Waals surface area contributed by atoms with Crippen LogP contribution in [0.1, 0.15) is 6.23 Å². The van der Waals surface area contributed by atoms with E-state index in [1.165, 1.54) is 9.13 Å². The number of ether oxygens (including phenoxy) is 1. The Hall–Kier alpha value is -2.05. The summed E-state index contributed by atoms with van der Waals surface area (Å²) in [5, 5.41) is 29.4. The van der Waals surface area contributed by atoms with Crippen LogP contribution in [-0.4, -0.2) is 59.3 Å². The zero-order valence-corrected chi connectivity index (χ0v) is 13.3. The zero-order valence-electron chi connectivity index (χ0n) is 12.5. The minimum absolute atomic E-state index is 0.109. The summed E-state index contributed by atoms with van der Waals surface area (Å²) >= 11 is 5.37. The third-order valence-electron chi connectivity index (χ3n) is 3.91. The van der Waals surface area contributed by atoms with Gasteiger partial charge >= 0.3 is 0 Å². The number of hydrogen-bond donors (Lipinski definition) is 5. The molecule has 0 amide bonds. The highest BCUT2D eigenvalue weighted by atomic mass is 32.1. The van der Waals surface area contributed by atoms with E-state index < -0.39 is 36.7 Å². The monoisotopic (exact) mass is 355 g/mol. The van der Waals surface area contributed by atoms with Crippen molar-refractivity contribution in [2.75, 3.05) is 12.3 Å². The minimum atomic E-state index is -1.36. The number of aromatic nitrogens is 4. The van der Waals surface area contributed by atoms with E-state index in [9.17, 15) is 20.1 Å². The Kier molecular flexibility index (Phi) is 4.27. The number of fused-ring (bicyclic) bond motifs is 1. The standard InChI is InChI=1S/C13H17N5O5S/c1-2-3-17-6-9(15-12(14)16-10(6)22)18(13(17)24)11-8(21)7(20)5(4-19)23-11/h2,5,7-8,11,19-21H,1,3-4H2,(H3,14,15,16,22). The average molecular weight is 355 g/mol. The summed E-state index contributed by atoms with van der Waals surface area (Å²) in [7, 11) is 0. The Morgan fingerprint density at radius 3 is 2.75 bits per heavy atom. The minimum Gasteiger partial charge on any atom is -0.394 e. The third kappa shape index (κ3) is 2.37. The lowest BCUT2D eigenvalue weighted by Crippen LogP contribution is -2.33. The van der Waals surface area contributed by atoms with Crippen LogP contribution in [0.4, 0.5) is 5.95 Å². The first kappa shape index (κ1) is 16.8. The Morgan fingerprint density at radius 2 is 2.17 bits per heavy atom. The van der Waals surface area contributed by atoms with Crippen molar-refractivity contribution in [1.29, 1.82) is 0 Å². The van der Waals surface area contributed by atoms with Crippen LogP contribution >= 0.6 is 12.2 Å². The maximum atomic E-state index is 12.3. The molecule has 10 nitrogen and oxygen atoms in total. The van der Waals surface area contributed by atoms with Gasteiger partial charge in [0.1, 0.15) is 18.3 Å². The smallest absolute Gasteiger partial charge is 0.278 e. The van der Waals surface area contributed by atoms with Crippen molar-refractivity contribution in [2.24, 2.45) is 0 Å². The summed E-state index contributed by atoms with van der Waals surface area (Å²) in [6.07, 6.45) is -3.22. The first-order valence-electron chi connectivity index (χ1n) is 7.14. The van der Waals surface area contributed by atoms with Gasteiger partial charge in [0.25, 0.3) is 5.56 Å². The fourth-order valence-corrected chi connectivity index (χ4v) is 3.18. The summed E-state index contributed by atoms with van der Waals surface area (Å²) in [6, 6.07) is 0. The molecule has 0 spiro atoms. The molecular weight excluding hydrogens is 338 g/mol. The molecule has 11 heteroatoms. The molecule has 1 aliphatic heterocycles. The van der Waals surface area contributed by atoms with E-state index in [1.807, 2.05) is 0 Å². The van der Waals surface area contributed by atoms with E-state index in [-0.39, 0.29) is 28.4 Å². The molecule has 3 heterocycles. The van der Waals surface area contributed by atoms with Crippen molar-refractivity contribution < 1.29 is 20.1 Å². The molecule has 1 fully saturated rings. The van der Waals surface area contributed by atoms with E-state index in [1.54, 1.807) is 6.08 Å². The van der Waals surface area contributed by atoms with Gasteiger partial charge in [0.05, 0.1) is 6.61 Å². The van der Waals surface area contributed by atoms with Crippen LogP contribution in [0.25, 0.3) is 11.2 Å². The number of nitrogens with one attached hydrogen (secondary N) is 1. The molecule has 4 unspecified atom stereocenters. The van der Waals surface area contributed by atoms with Crippen LogP contribution < -0.4 is 11.3 Å². The highest BCUT2D eigenvalue weighted by Crippen LogP contribution is 2.32. The number of imidazole rings is 1.